The Bertz CT molecular complexity index is 404. The van der Waals surface area contributed by atoms with Gasteiger partial charge in [-0.3, -0.25) is 0 Å². The maximum atomic E-state index is 5.04. The maximum Gasteiger partial charge on any atom is 0.136 e. The molecule has 0 aromatic carbocycles. The van der Waals surface area contributed by atoms with E-state index in [0.29, 0.717) is 5.92 Å². The van der Waals surface area contributed by atoms with Gasteiger partial charge in [-0.25, -0.2) is 9.97 Å². The van der Waals surface area contributed by atoms with E-state index in [2.05, 4.69) is 20.6 Å². The van der Waals surface area contributed by atoms with Crippen LogP contribution in [0, 0.1) is 6.92 Å². The van der Waals surface area contributed by atoms with Gasteiger partial charge in [0.25, 0.3) is 0 Å². The average molecular weight is 250 g/mol. The number of hydrogen-bond donors (Lipinski definition) is 2. The minimum atomic E-state index is 0.567. The minimum absolute atomic E-state index is 0.567. The molecule has 1 aromatic rings. The summed E-state index contributed by atoms with van der Waals surface area (Å²) < 4.78 is 5.04. The van der Waals surface area contributed by atoms with E-state index in [-0.39, 0.29) is 0 Å². The van der Waals surface area contributed by atoms with E-state index in [9.17, 15) is 0 Å². The summed E-state index contributed by atoms with van der Waals surface area (Å²) in [7, 11) is 3.63. The molecule has 0 spiro atoms. The summed E-state index contributed by atoms with van der Waals surface area (Å²) in [6, 6.07) is 0. The molecule has 0 unspecified atom stereocenters. The molecular weight excluding hydrogens is 228 g/mol. The Morgan fingerprint density at radius 2 is 2.00 bits per heavy atom. The Kier molecular flexibility index (Phi) is 4.36. The van der Waals surface area contributed by atoms with Gasteiger partial charge in [-0.15, -0.1) is 0 Å². The van der Waals surface area contributed by atoms with Gasteiger partial charge in [0.15, 0.2) is 0 Å². The molecule has 1 aliphatic rings. The first-order valence-corrected chi connectivity index (χ1v) is 6.55. The third-order valence-corrected chi connectivity index (χ3v) is 3.16. The molecule has 0 amide bonds. The van der Waals surface area contributed by atoms with Crippen molar-refractivity contribution in [3.8, 4) is 0 Å². The molecule has 1 aliphatic carbocycles. The van der Waals surface area contributed by atoms with Crippen LogP contribution in [-0.2, 0) is 4.74 Å². The number of nitrogens with one attached hydrogen (secondary N) is 2. The van der Waals surface area contributed by atoms with Crippen molar-refractivity contribution in [1.29, 1.82) is 0 Å². The largest absolute Gasteiger partial charge is 0.385 e. The Balaban J connectivity index is 2.08. The van der Waals surface area contributed by atoms with Crippen molar-refractivity contribution < 1.29 is 4.74 Å². The Labute approximate surface area is 108 Å². The van der Waals surface area contributed by atoms with Gasteiger partial charge >= 0.3 is 0 Å². The van der Waals surface area contributed by atoms with Crippen molar-refractivity contribution in [2.75, 3.05) is 37.9 Å². The number of rotatable bonds is 7. The highest BCUT2D eigenvalue weighted by atomic mass is 16.5. The lowest BCUT2D eigenvalue weighted by Crippen LogP contribution is -2.11. The van der Waals surface area contributed by atoms with E-state index < -0.39 is 0 Å². The lowest BCUT2D eigenvalue weighted by molar-refractivity contribution is 0.197. The van der Waals surface area contributed by atoms with Crippen LogP contribution in [0.3, 0.4) is 0 Å². The molecule has 2 N–H and O–H groups in total. The second-order valence-corrected chi connectivity index (χ2v) is 4.70. The molecule has 0 atom stereocenters. The summed E-state index contributed by atoms with van der Waals surface area (Å²) in [5.41, 5.74) is 1.08. The van der Waals surface area contributed by atoms with E-state index in [1.54, 1.807) is 7.11 Å². The zero-order chi connectivity index (χ0) is 13.0. The summed E-state index contributed by atoms with van der Waals surface area (Å²) in [6.07, 6.45) is 3.41. The van der Waals surface area contributed by atoms with Crippen LogP contribution in [0.15, 0.2) is 0 Å². The first kappa shape index (κ1) is 13.1. The molecular formula is C13H22N4O. The predicted octanol–water partition coefficient (Wildman–Crippen LogP) is 2.15. The SMILES string of the molecule is CNc1nc(C2CC2)nc(NCCCOC)c1C. The first-order valence-electron chi connectivity index (χ1n) is 6.55. The van der Waals surface area contributed by atoms with Crippen molar-refractivity contribution in [2.24, 2.45) is 0 Å². The summed E-state index contributed by atoms with van der Waals surface area (Å²) in [5, 5.41) is 6.52. The normalized spacial score (nSPS) is 14.6. The molecule has 0 bridgehead atoms. The van der Waals surface area contributed by atoms with Gasteiger partial charge in [0.2, 0.25) is 0 Å². The van der Waals surface area contributed by atoms with Gasteiger partial charge in [0.1, 0.15) is 17.5 Å². The standard InChI is InChI=1S/C13H22N4O/c1-9-11(14-2)16-13(10-5-6-10)17-12(9)15-7-4-8-18-3/h10H,4-8H2,1-3H3,(H2,14,15,16,17). The van der Waals surface area contributed by atoms with Crippen molar-refractivity contribution in [1.82, 2.24) is 9.97 Å². The third kappa shape index (κ3) is 3.10. The molecule has 18 heavy (non-hydrogen) atoms. The van der Waals surface area contributed by atoms with Gasteiger partial charge in [-0.1, -0.05) is 0 Å². The number of methoxy groups -OCH3 is 1. The molecule has 5 heteroatoms. The van der Waals surface area contributed by atoms with Gasteiger partial charge in [-0.2, -0.15) is 0 Å². The van der Waals surface area contributed by atoms with E-state index in [1.165, 1.54) is 12.8 Å². The molecule has 1 heterocycles. The molecule has 0 saturated heterocycles. The van der Waals surface area contributed by atoms with Gasteiger partial charge in [0, 0.05) is 38.8 Å². The van der Waals surface area contributed by atoms with Gasteiger partial charge in [0.05, 0.1) is 0 Å². The Hall–Kier alpha value is -1.36. The monoisotopic (exact) mass is 250 g/mol. The topological polar surface area (TPSA) is 59.1 Å². The highest BCUT2D eigenvalue weighted by molar-refractivity contribution is 5.57. The van der Waals surface area contributed by atoms with Gasteiger partial charge in [-0.05, 0) is 26.2 Å². The molecule has 0 radical (unpaired) electrons. The molecule has 0 aliphatic heterocycles. The second kappa shape index (κ2) is 6.00. The summed E-state index contributed by atoms with van der Waals surface area (Å²) >= 11 is 0. The van der Waals surface area contributed by atoms with Crippen molar-refractivity contribution in [3.05, 3.63) is 11.4 Å². The maximum absolute atomic E-state index is 5.04. The van der Waals surface area contributed by atoms with Crippen LogP contribution in [-0.4, -0.2) is 37.3 Å². The quantitative estimate of drug-likeness (QED) is 0.726. The summed E-state index contributed by atoms with van der Waals surface area (Å²) in [4.78, 5) is 9.21. The van der Waals surface area contributed by atoms with Crippen molar-refractivity contribution >= 4 is 11.6 Å². The fraction of sp³-hybridized carbons (Fsp3) is 0.692. The highest BCUT2D eigenvalue weighted by Gasteiger charge is 2.28. The van der Waals surface area contributed by atoms with Crippen LogP contribution in [0.4, 0.5) is 11.6 Å². The average Bonchev–Trinajstić information content (AvgIpc) is 3.20. The van der Waals surface area contributed by atoms with E-state index in [1.807, 2.05) is 14.0 Å². The molecule has 2 rings (SSSR count). The molecule has 1 aromatic heterocycles. The Morgan fingerprint density at radius 1 is 1.28 bits per heavy atom. The van der Waals surface area contributed by atoms with Crippen LogP contribution in [0.2, 0.25) is 0 Å². The Morgan fingerprint density at radius 3 is 2.61 bits per heavy atom. The summed E-state index contributed by atoms with van der Waals surface area (Å²) in [6.45, 7) is 3.69. The lowest BCUT2D eigenvalue weighted by atomic mass is 10.2. The van der Waals surface area contributed by atoms with Crippen LogP contribution in [0.25, 0.3) is 0 Å². The third-order valence-electron chi connectivity index (χ3n) is 3.16. The van der Waals surface area contributed by atoms with Gasteiger partial charge < -0.3 is 15.4 Å². The van der Waals surface area contributed by atoms with Crippen molar-refractivity contribution in [2.45, 2.75) is 32.1 Å². The number of hydrogen-bond acceptors (Lipinski definition) is 5. The van der Waals surface area contributed by atoms with Crippen LogP contribution < -0.4 is 10.6 Å². The molecule has 1 fully saturated rings. The highest BCUT2D eigenvalue weighted by Crippen LogP contribution is 2.39. The number of ether oxygens (including phenoxy) is 1. The zero-order valence-electron chi connectivity index (χ0n) is 11.4. The van der Waals surface area contributed by atoms with Crippen molar-refractivity contribution in [3.63, 3.8) is 0 Å². The molecule has 1 saturated carbocycles. The smallest absolute Gasteiger partial charge is 0.136 e. The van der Waals surface area contributed by atoms with E-state index in [4.69, 9.17) is 4.74 Å². The van der Waals surface area contributed by atoms with Crippen LogP contribution in [0.5, 0.6) is 0 Å². The van der Waals surface area contributed by atoms with E-state index >= 15 is 0 Å². The second-order valence-electron chi connectivity index (χ2n) is 4.70. The minimum Gasteiger partial charge on any atom is -0.385 e. The molecule has 100 valence electrons. The number of nitrogens with zero attached hydrogens (tertiary/aromatic N) is 2. The fourth-order valence-corrected chi connectivity index (χ4v) is 1.90. The molecule has 5 nitrogen and oxygen atoms in total. The number of aromatic nitrogens is 2. The van der Waals surface area contributed by atoms with Crippen LogP contribution >= 0.6 is 0 Å². The first-order chi connectivity index (χ1) is 8.76. The summed E-state index contributed by atoms with van der Waals surface area (Å²) in [5.74, 6) is 3.42. The zero-order valence-corrected chi connectivity index (χ0v) is 11.4. The lowest BCUT2D eigenvalue weighted by Gasteiger charge is -2.13. The number of anilines is 2. The van der Waals surface area contributed by atoms with E-state index in [0.717, 1.165) is 42.6 Å². The predicted molar refractivity (Wildman–Crippen MR) is 73.3 cm³/mol. The van der Waals surface area contributed by atoms with Crippen LogP contribution in [0.1, 0.15) is 36.6 Å². The fourth-order valence-electron chi connectivity index (χ4n) is 1.90.